The molecule has 0 amide bonds. The Morgan fingerprint density at radius 2 is 2.00 bits per heavy atom. The van der Waals surface area contributed by atoms with Crippen LogP contribution < -0.4 is 5.32 Å². The maximum atomic E-state index is 13.6. The summed E-state index contributed by atoms with van der Waals surface area (Å²) >= 11 is 0. The molecular formula is C14H18FNO2. The van der Waals surface area contributed by atoms with Crippen molar-refractivity contribution in [2.24, 2.45) is 0 Å². The van der Waals surface area contributed by atoms with Crippen LogP contribution in [0, 0.1) is 0 Å². The van der Waals surface area contributed by atoms with Crippen LogP contribution in [0.2, 0.25) is 0 Å². The summed E-state index contributed by atoms with van der Waals surface area (Å²) in [5, 5.41) is 2.94. The molecule has 0 saturated heterocycles. The summed E-state index contributed by atoms with van der Waals surface area (Å²) in [6.45, 7) is 5.22. The van der Waals surface area contributed by atoms with Crippen molar-refractivity contribution in [3.8, 4) is 0 Å². The summed E-state index contributed by atoms with van der Waals surface area (Å²) in [7, 11) is 0. The van der Waals surface area contributed by atoms with E-state index in [1.54, 1.807) is 6.92 Å². The SMILES string of the molecule is CCOC(=O)/C(F)=C(/C)N[C@@H](C)c1ccccc1. The first kappa shape index (κ1) is 14.2. The predicted molar refractivity (Wildman–Crippen MR) is 68.4 cm³/mol. The highest BCUT2D eigenvalue weighted by atomic mass is 19.1. The number of benzene rings is 1. The van der Waals surface area contributed by atoms with Crippen molar-refractivity contribution in [3.05, 3.63) is 47.4 Å². The fourth-order valence-electron chi connectivity index (χ4n) is 1.56. The normalized spacial score (nSPS) is 13.6. The highest BCUT2D eigenvalue weighted by Gasteiger charge is 2.15. The molecule has 98 valence electrons. The molecular weight excluding hydrogens is 233 g/mol. The molecule has 1 aromatic rings. The molecule has 1 rings (SSSR count). The maximum absolute atomic E-state index is 13.6. The van der Waals surface area contributed by atoms with Gasteiger partial charge in [-0.2, -0.15) is 4.39 Å². The topological polar surface area (TPSA) is 38.3 Å². The maximum Gasteiger partial charge on any atom is 0.368 e. The van der Waals surface area contributed by atoms with Crippen molar-refractivity contribution in [1.82, 2.24) is 5.32 Å². The molecule has 0 spiro atoms. The molecule has 0 aliphatic heterocycles. The second kappa shape index (κ2) is 6.79. The third-order valence-electron chi connectivity index (χ3n) is 2.52. The molecule has 0 bridgehead atoms. The molecule has 0 radical (unpaired) electrons. The lowest BCUT2D eigenvalue weighted by Crippen LogP contribution is -2.20. The largest absolute Gasteiger partial charge is 0.461 e. The number of rotatable bonds is 5. The van der Waals surface area contributed by atoms with E-state index in [0.29, 0.717) is 0 Å². The molecule has 0 unspecified atom stereocenters. The van der Waals surface area contributed by atoms with Gasteiger partial charge in [-0.3, -0.25) is 0 Å². The molecule has 1 N–H and O–H groups in total. The second-order valence-electron chi connectivity index (χ2n) is 3.94. The summed E-state index contributed by atoms with van der Waals surface area (Å²) in [5.41, 5.74) is 1.21. The zero-order valence-electron chi connectivity index (χ0n) is 10.9. The minimum Gasteiger partial charge on any atom is -0.461 e. The number of allylic oxidation sites excluding steroid dienone is 1. The van der Waals surface area contributed by atoms with E-state index >= 15 is 0 Å². The van der Waals surface area contributed by atoms with Gasteiger partial charge < -0.3 is 10.1 Å². The highest BCUT2D eigenvalue weighted by Crippen LogP contribution is 2.15. The first-order valence-corrected chi connectivity index (χ1v) is 5.91. The monoisotopic (exact) mass is 251 g/mol. The van der Waals surface area contributed by atoms with E-state index in [4.69, 9.17) is 0 Å². The van der Waals surface area contributed by atoms with Gasteiger partial charge in [0.05, 0.1) is 12.3 Å². The molecule has 4 heteroatoms. The van der Waals surface area contributed by atoms with Gasteiger partial charge in [-0.15, -0.1) is 0 Å². The van der Waals surface area contributed by atoms with E-state index in [1.165, 1.54) is 6.92 Å². The third kappa shape index (κ3) is 3.87. The molecule has 18 heavy (non-hydrogen) atoms. The van der Waals surface area contributed by atoms with Crippen molar-refractivity contribution >= 4 is 5.97 Å². The Labute approximate surface area is 107 Å². The number of hydrogen-bond donors (Lipinski definition) is 1. The molecule has 0 heterocycles. The number of carbonyl (C=O) groups excluding carboxylic acids is 1. The smallest absolute Gasteiger partial charge is 0.368 e. The molecule has 0 aliphatic rings. The van der Waals surface area contributed by atoms with Gasteiger partial charge >= 0.3 is 5.97 Å². The standard InChI is InChI=1S/C14H18FNO2/c1-4-18-14(17)13(15)11(3)16-10(2)12-8-6-5-7-9-12/h5-10,16H,4H2,1-3H3/b13-11+/t10-/m0/s1. The van der Waals surface area contributed by atoms with Crippen molar-refractivity contribution in [1.29, 1.82) is 0 Å². The lowest BCUT2D eigenvalue weighted by molar-refractivity contribution is -0.140. The Bertz CT molecular complexity index is 429. The number of nitrogens with one attached hydrogen (secondary N) is 1. The van der Waals surface area contributed by atoms with E-state index in [1.807, 2.05) is 37.3 Å². The zero-order chi connectivity index (χ0) is 13.5. The quantitative estimate of drug-likeness (QED) is 0.645. The first-order chi connectivity index (χ1) is 8.56. The van der Waals surface area contributed by atoms with Crippen LogP contribution in [0.15, 0.2) is 41.9 Å². The van der Waals surface area contributed by atoms with Crippen LogP contribution in [0.3, 0.4) is 0 Å². The van der Waals surface area contributed by atoms with Crippen molar-refractivity contribution in [2.45, 2.75) is 26.8 Å². The van der Waals surface area contributed by atoms with Gasteiger partial charge in [0.2, 0.25) is 5.83 Å². The Balaban J connectivity index is 2.72. The molecule has 3 nitrogen and oxygen atoms in total. The lowest BCUT2D eigenvalue weighted by atomic mass is 10.1. The summed E-state index contributed by atoms with van der Waals surface area (Å²) < 4.78 is 18.2. The van der Waals surface area contributed by atoms with E-state index in [2.05, 4.69) is 10.1 Å². The average molecular weight is 251 g/mol. The van der Waals surface area contributed by atoms with Gasteiger partial charge in [-0.1, -0.05) is 30.3 Å². The van der Waals surface area contributed by atoms with Crippen molar-refractivity contribution < 1.29 is 13.9 Å². The van der Waals surface area contributed by atoms with Gasteiger partial charge in [0.15, 0.2) is 0 Å². The number of hydrogen-bond acceptors (Lipinski definition) is 3. The minimum absolute atomic E-state index is 0.0774. The molecule has 0 saturated carbocycles. The van der Waals surface area contributed by atoms with Crippen LogP contribution in [0.5, 0.6) is 0 Å². The van der Waals surface area contributed by atoms with Crippen LogP contribution in [0.1, 0.15) is 32.4 Å². The molecule has 1 aromatic carbocycles. The van der Waals surface area contributed by atoms with Crippen molar-refractivity contribution in [2.75, 3.05) is 6.61 Å². The van der Waals surface area contributed by atoms with Crippen LogP contribution in [0.4, 0.5) is 4.39 Å². The van der Waals surface area contributed by atoms with E-state index in [0.717, 1.165) is 5.56 Å². The summed E-state index contributed by atoms with van der Waals surface area (Å²) in [6, 6.07) is 9.53. The zero-order valence-corrected chi connectivity index (χ0v) is 10.9. The Kier molecular flexibility index (Phi) is 5.36. The molecule has 0 aromatic heterocycles. The Morgan fingerprint density at radius 3 is 2.56 bits per heavy atom. The van der Waals surface area contributed by atoms with E-state index in [9.17, 15) is 9.18 Å². The molecule has 1 atom stereocenters. The second-order valence-corrected chi connectivity index (χ2v) is 3.94. The van der Waals surface area contributed by atoms with Gasteiger partial charge in [0, 0.05) is 6.04 Å². The average Bonchev–Trinajstić information content (AvgIpc) is 2.39. The highest BCUT2D eigenvalue weighted by molar-refractivity contribution is 5.86. The Hall–Kier alpha value is -1.84. The summed E-state index contributed by atoms with van der Waals surface area (Å²) in [5.74, 6) is -1.80. The van der Waals surface area contributed by atoms with Crippen LogP contribution in [-0.4, -0.2) is 12.6 Å². The minimum atomic E-state index is -0.928. The fraction of sp³-hybridized carbons (Fsp3) is 0.357. The predicted octanol–water partition coefficient (Wildman–Crippen LogP) is 3.10. The fourth-order valence-corrected chi connectivity index (χ4v) is 1.56. The third-order valence-corrected chi connectivity index (χ3v) is 2.52. The summed E-state index contributed by atoms with van der Waals surface area (Å²) in [4.78, 5) is 11.2. The number of ether oxygens (including phenoxy) is 1. The lowest BCUT2D eigenvalue weighted by Gasteiger charge is -2.16. The van der Waals surface area contributed by atoms with E-state index < -0.39 is 11.8 Å². The Morgan fingerprint density at radius 1 is 1.39 bits per heavy atom. The van der Waals surface area contributed by atoms with Gasteiger partial charge in [-0.05, 0) is 26.3 Å². The molecule has 0 fully saturated rings. The van der Waals surface area contributed by atoms with Crippen LogP contribution in [-0.2, 0) is 9.53 Å². The number of esters is 1. The van der Waals surface area contributed by atoms with Crippen molar-refractivity contribution in [3.63, 3.8) is 0 Å². The molecule has 0 aliphatic carbocycles. The van der Waals surface area contributed by atoms with Crippen LogP contribution >= 0.6 is 0 Å². The first-order valence-electron chi connectivity index (χ1n) is 5.91. The van der Waals surface area contributed by atoms with E-state index in [-0.39, 0.29) is 18.3 Å². The summed E-state index contributed by atoms with van der Waals surface area (Å²) in [6.07, 6.45) is 0. The van der Waals surface area contributed by atoms with Crippen LogP contribution in [0.25, 0.3) is 0 Å². The number of carbonyl (C=O) groups is 1. The van der Waals surface area contributed by atoms with Gasteiger partial charge in [0.25, 0.3) is 0 Å². The van der Waals surface area contributed by atoms with Gasteiger partial charge in [-0.25, -0.2) is 4.79 Å². The number of halogens is 1. The van der Waals surface area contributed by atoms with Gasteiger partial charge in [0.1, 0.15) is 0 Å².